The van der Waals surface area contributed by atoms with Gasteiger partial charge in [0.2, 0.25) is 0 Å². The van der Waals surface area contributed by atoms with Crippen LogP contribution in [0.15, 0.2) is 30.3 Å². The Bertz CT molecular complexity index is 900. The third-order valence-electron chi connectivity index (χ3n) is 6.00. The van der Waals surface area contributed by atoms with E-state index in [1.807, 2.05) is 0 Å². The van der Waals surface area contributed by atoms with E-state index in [1.165, 1.54) is 50.7 Å². The number of halogens is 4. The lowest BCUT2D eigenvalue weighted by molar-refractivity contribution is 0.0728. The summed E-state index contributed by atoms with van der Waals surface area (Å²) < 4.78 is 64.4. The summed E-state index contributed by atoms with van der Waals surface area (Å²) in [6.45, 7) is 2.69. The zero-order valence-corrected chi connectivity index (χ0v) is 18.1. The van der Waals surface area contributed by atoms with Gasteiger partial charge in [0.1, 0.15) is 17.3 Å². The molecule has 1 fully saturated rings. The largest absolute Gasteiger partial charge is 0.493 e. The molecule has 0 atom stereocenters. The van der Waals surface area contributed by atoms with Gasteiger partial charge in [-0.05, 0) is 36.8 Å². The predicted octanol–water partition coefficient (Wildman–Crippen LogP) is 7.23. The molecule has 3 nitrogen and oxygen atoms in total. The van der Waals surface area contributed by atoms with Crippen LogP contribution in [-0.2, 0) is 0 Å². The predicted molar refractivity (Wildman–Crippen MR) is 113 cm³/mol. The monoisotopic (exact) mass is 452 g/mol. The number of unbranched alkanes of at least 4 members (excludes halogenated alkanes) is 2. The topological polar surface area (TPSA) is 35.5 Å². The quantitative estimate of drug-likeness (QED) is 0.132. The molecule has 0 radical (unpaired) electrons. The SMILES string of the molecule is CCCCCC1CCC(COc2ccc(C(=O)Oc3cc(F)c(F)c(F)c3)c(F)c2)CC1. The van der Waals surface area contributed by atoms with E-state index in [-0.39, 0.29) is 0 Å². The summed E-state index contributed by atoms with van der Waals surface area (Å²) in [4.78, 5) is 12.1. The van der Waals surface area contributed by atoms with Crippen molar-refractivity contribution in [2.75, 3.05) is 6.61 Å². The average Bonchev–Trinajstić information content (AvgIpc) is 2.77. The summed E-state index contributed by atoms with van der Waals surface area (Å²) in [7, 11) is 0. The number of benzene rings is 2. The maximum absolute atomic E-state index is 14.4. The molecule has 2 aromatic carbocycles. The Kier molecular flexibility index (Phi) is 8.53. The minimum atomic E-state index is -1.68. The Morgan fingerprint density at radius 3 is 2.12 bits per heavy atom. The normalized spacial score (nSPS) is 18.4. The van der Waals surface area contributed by atoms with E-state index in [1.54, 1.807) is 0 Å². The molecule has 0 spiro atoms. The van der Waals surface area contributed by atoms with E-state index in [0.717, 1.165) is 24.8 Å². The molecule has 1 aliphatic rings. The fourth-order valence-electron chi connectivity index (χ4n) is 4.09. The molecular formula is C25H28F4O3. The van der Waals surface area contributed by atoms with Crippen molar-refractivity contribution in [3.63, 3.8) is 0 Å². The summed E-state index contributed by atoms with van der Waals surface area (Å²) in [5, 5.41) is 0. The van der Waals surface area contributed by atoms with Crippen molar-refractivity contribution >= 4 is 5.97 Å². The molecule has 174 valence electrons. The molecule has 0 aliphatic heterocycles. The summed E-state index contributed by atoms with van der Waals surface area (Å²) in [6, 6.07) is 4.75. The van der Waals surface area contributed by atoms with Crippen LogP contribution in [0.3, 0.4) is 0 Å². The number of carbonyl (C=O) groups is 1. The fourth-order valence-corrected chi connectivity index (χ4v) is 4.09. The van der Waals surface area contributed by atoms with Gasteiger partial charge in [-0.2, -0.15) is 0 Å². The lowest BCUT2D eigenvalue weighted by atomic mass is 9.80. The molecule has 0 amide bonds. The van der Waals surface area contributed by atoms with Crippen molar-refractivity contribution in [2.24, 2.45) is 11.8 Å². The van der Waals surface area contributed by atoms with Gasteiger partial charge >= 0.3 is 5.97 Å². The first-order valence-corrected chi connectivity index (χ1v) is 11.2. The van der Waals surface area contributed by atoms with Crippen LogP contribution in [-0.4, -0.2) is 12.6 Å². The van der Waals surface area contributed by atoms with E-state index in [4.69, 9.17) is 9.47 Å². The second kappa shape index (κ2) is 11.3. The summed E-state index contributed by atoms with van der Waals surface area (Å²) in [6.07, 6.45) is 9.68. The van der Waals surface area contributed by atoms with Crippen molar-refractivity contribution in [2.45, 2.75) is 58.3 Å². The molecule has 7 heteroatoms. The van der Waals surface area contributed by atoms with Crippen LogP contribution < -0.4 is 9.47 Å². The molecule has 0 saturated heterocycles. The van der Waals surface area contributed by atoms with Gasteiger partial charge in [-0.3, -0.25) is 0 Å². The highest BCUT2D eigenvalue weighted by Crippen LogP contribution is 2.32. The lowest BCUT2D eigenvalue weighted by Crippen LogP contribution is -2.20. The smallest absolute Gasteiger partial charge is 0.346 e. The number of rotatable bonds is 9. The number of esters is 1. The van der Waals surface area contributed by atoms with Crippen LogP contribution in [0.1, 0.15) is 68.6 Å². The van der Waals surface area contributed by atoms with Gasteiger partial charge in [0.25, 0.3) is 0 Å². The zero-order chi connectivity index (χ0) is 23.1. The van der Waals surface area contributed by atoms with Gasteiger partial charge in [0, 0.05) is 18.2 Å². The van der Waals surface area contributed by atoms with Crippen LogP contribution >= 0.6 is 0 Å². The minimum absolute atomic E-state index is 0.294. The maximum atomic E-state index is 14.4. The fraction of sp³-hybridized carbons (Fsp3) is 0.480. The van der Waals surface area contributed by atoms with Gasteiger partial charge in [-0.15, -0.1) is 0 Å². The summed E-state index contributed by atoms with van der Waals surface area (Å²) >= 11 is 0. The molecule has 2 aromatic rings. The molecule has 3 rings (SSSR count). The summed E-state index contributed by atoms with van der Waals surface area (Å²) in [5.41, 5.74) is -0.421. The number of hydrogen-bond acceptors (Lipinski definition) is 3. The van der Waals surface area contributed by atoms with Crippen LogP contribution in [0.25, 0.3) is 0 Å². The van der Waals surface area contributed by atoms with Crippen LogP contribution in [0.2, 0.25) is 0 Å². The van der Waals surface area contributed by atoms with E-state index >= 15 is 0 Å². The van der Waals surface area contributed by atoms with Crippen molar-refractivity contribution in [3.8, 4) is 11.5 Å². The second-order valence-corrected chi connectivity index (χ2v) is 8.43. The van der Waals surface area contributed by atoms with Crippen molar-refractivity contribution in [1.29, 1.82) is 0 Å². The Labute approximate surface area is 185 Å². The third-order valence-corrected chi connectivity index (χ3v) is 6.00. The van der Waals surface area contributed by atoms with Gasteiger partial charge < -0.3 is 9.47 Å². The van der Waals surface area contributed by atoms with Crippen LogP contribution in [0, 0.1) is 35.1 Å². The average molecular weight is 452 g/mol. The Hall–Kier alpha value is -2.57. The lowest BCUT2D eigenvalue weighted by Gasteiger charge is -2.28. The molecule has 1 saturated carbocycles. The molecule has 32 heavy (non-hydrogen) atoms. The highest BCUT2D eigenvalue weighted by Gasteiger charge is 2.22. The highest BCUT2D eigenvalue weighted by atomic mass is 19.2. The number of carbonyl (C=O) groups excluding carboxylic acids is 1. The molecule has 0 N–H and O–H groups in total. The first-order chi connectivity index (χ1) is 15.4. The number of ether oxygens (including phenoxy) is 2. The van der Waals surface area contributed by atoms with Crippen molar-refractivity contribution < 1.29 is 31.8 Å². The van der Waals surface area contributed by atoms with E-state index in [9.17, 15) is 22.4 Å². The standard InChI is InChI=1S/C25H28F4O3/c1-2-3-4-5-16-6-8-17(9-7-16)15-31-18-10-11-20(21(26)12-18)25(30)32-19-13-22(27)24(29)23(28)14-19/h10-14,16-17H,2-9,15H2,1H3. The maximum Gasteiger partial charge on any atom is 0.346 e. The first-order valence-electron chi connectivity index (χ1n) is 11.2. The molecule has 0 aromatic heterocycles. The van der Waals surface area contributed by atoms with Gasteiger partial charge in [-0.25, -0.2) is 22.4 Å². The van der Waals surface area contributed by atoms with E-state index < -0.39 is 40.6 Å². The van der Waals surface area contributed by atoms with E-state index in [0.29, 0.717) is 30.4 Å². The molecular weight excluding hydrogens is 424 g/mol. The van der Waals surface area contributed by atoms with E-state index in [2.05, 4.69) is 6.92 Å². The first kappa shape index (κ1) is 24.1. The van der Waals surface area contributed by atoms with Gasteiger partial charge in [0.05, 0.1) is 12.2 Å². The summed E-state index contributed by atoms with van der Waals surface area (Å²) in [5.74, 6) is -5.77. The molecule has 1 aliphatic carbocycles. The zero-order valence-electron chi connectivity index (χ0n) is 18.1. The van der Waals surface area contributed by atoms with Gasteiger partial charge in [0.15, 0.2) is 17.5 Å². The van der Waals surface area contributed by atoms with Crippen molar-refractivity contribution in [1.82, 2.24) is 0 Å². The Balaban J connectivity index is 1.50. The highest BCUT2D eigenvalue weighted by molar-refractivity contribution is 5.91. The third kappa shape index (κ3) is 6.47. The van der Waals surface area contributed by atoms with Gasteiger partial charge in [-0.1, -0.05) is 45.4 Å². The minimum Gasteiger partial charge on any atom is -0.493 e. The Morgan fingerprint density at radius 1 is 0.875 bits per heavy atom. The molecule has 0 unspecified atom stereocenters. The van der Waals surface area contributed by atoms with Crippen LogP contribution in [0.4, 0.5) is 17.6 Å². The molecule has 0 bridgehead atoms. The molecule has 0 heterocycles. The van der Waals surface area contributed by atoms with Crippen LogP contribution in [0.5, 0.6) is 11.5 Å². The second-order valence-electron chi connectivity index (χ2n) is 8.43. The Morgan fingerprint density at radius 2 is 1.50 bits per heavy atom. The van der Waals surface area contributed by atoms with Crippen molar-refractivity contribution in [3.05, 3.63) is 59.2 Å². The number of hydrogen-bond donors (Lipinski definition) is 0.